The second-order valence-corrected chi connectivity index (χ2v) is 7.09. The number of amides is 1. The molecule has 0 aromatic heterocycles. The average Bonchev–Trinajstić information content (AvgIpc) is 2.73. The fraction of sp³-hybridized carbons (Fsp3) is 0.381. The van der Waals surface area contributed by atoms with Crippen LogP contribution in [0.25, 0.3) is 0 Å². The maximum atomic E-state index is 12.7. The Morgan fingerprint density at radius 2 is 1.86 bits per heavy atom. The van der Waals surface area contributed by atoms with Crippen molar-refractivity contribution in [2.24, 2.45) is 0 Å². The Balaban J connectivity index is 1.69. The first kappa shape index (κ1) is 20.5. The number of morpholine rings is 1. The standard InChI is InChI=1S/C21H25ClN2O4/c1-26-19-12-17(11-18(22)20(19)27-2)21(25)23-13-15-5-3-4-6-16(15)14-24-7-9-28-10-8-24/h3-6,11-12H,7-10,13-14H2,1-2H3,(H,23,25)/p+1. The lowest BCUT2D eigenvalue weighted by atomic mass is 10.1. The van der Waals surface area contributed by atoms with Crippen molar-refractivity contribution in [3.63, 3.8) is 0 Å². The number of rotatable bonds is 7. The molecule has 0 aliphatic carbocycles. The molecule has 1 aliphatic rings. The van der Waals surface area contributed by atoms with Gasteiger partial charge in [-0.3, -0.25) is 4.79 Å². The summed E-state index contributed by atoms with van der Waals surface area (Å²) in [5.74, 6) is 0.632. The van der Waals surface area contributed by atoms with Crippen molar-refractivity contribution < 1.29 is 23.9 Å². The van der Waals surface area contributed by atoms with Crippen LogP contribution in [0.1, 0.15) is 21.5 Å². The largest absolute Gasteiger partial charge is 0.493 e. The third-order valence-electron chi connectivity index (χ3n) is 4.89. The van der Waals surface area contributed by atoms with E-state index in [4.69, 9.17) is 25.8 Å². The van der Waals surface area contributed by atoms with Gasteiger partial charge in [-0.2, -0.15) is 0 Å². The van der Waals surface area contributed by atoms with Gasteiger partial charge in [-0.1, -0.05) is 35.9 Å². The minimum Gasteiger partial charge on any atom is -0.493 e. The van der Waals surface area contributed by atoms with Gasteiger partial charge in [-0.15, -0.1) is 0 Å². The minimum absolute atomic E-state index is 0.212. The van der Waals surface area contributed by atoms with Crippen molar-refractivity contribution in [2.75, 3.05) is 40.5 Å². The highest BCUT2D eigenvalue weighted by Crippen LogP contribution is 2.35. The van der Waals surface area contributed by atoms with Crippen molar-refractivity contribution in [2.45, 2.75) is 13.1 Å². The van der Waals surface area contributed by atoms with Crippen LogP contribution in [0, 0.1) is 0 Å². The van der Waals surface area contributed by atoms with Gasteiger partial charge >= 0.3 is 0 Å². The van der Waals surface area contributed by atoms with Crippen LogP contribution in [0.5, 0.6) is 11.5 Å². The predicted octanol–water partition coefficient (Wildman–Crippen LogP) is 1.70. The molecule has 0 unspecified atom stereocenters. The molecular formula is C21H26ClN2O4+. The van der Waals surface area contributed by atoms with E-state index in [2.05, 4.69) is 17.4 Å². The van der Waals surface area contributed by atoms with Crippen molar-refractivity contribution in [3.8, 4) is 11.5 Å². The van der Waals surface area contributed by atoms with Crippen molar-refractivity contribution in [1.29, 1.82) is 0 Å². The van der Waals surface area contributed by atoms with E-state index in [0.717, 1.165) is 38.4 Å². The number of carbonyl (C=O) groups excluding carboxylic acids is 1. The van der Waals surface area contributed by atoms with Crippen LogP contribution in [0.3, 0.4) is 0 Å². The van der Waals surface area contributed by atoms with Gasteiger partial charge in [-0.05, 0) is 17.7 Å². The van der Waals surface area contributed by atoms with Crippen LogP contribution in [-0.2, 0) is 17.8 Å². The maximum Gasteiger partial charge on any atom is 0.251 e. The smallest absolute Gasteiger partial charge is 0.251 e. The van der Waals surface area contributed by atoms with Crippen LogP contribution in [0.2, 0.25) is 5.02 Å². The Kier molecular flexibility index (Phi) is 7.14. The maximum absolute atomic E-state index is 12.7. The van der Waals surface area contributed by atoms with Gasteiger partial charge in [0.15, 0.2) is 11.5 Å². The summed E-state index contributed by atoms with van der Waals surface area (Å²) in [4.78, 5) is 14.1. The van der Waals surface area contributed by atoms with Gasteiger partial charge in [0.1, 0.15) is 19.6 Å². The first-order valence-electron chi connectivity index (χ1n) is 9.30. The fourth-order valence-electron chi connectivity index (χ4n) is 3.34. The Morgan fingerprint density at radius 3 is 2.54 bits per heavy atom. The lowest BCUT2D eigenvalue weighted by Gasteiger charge is -2.24. The molecule has 3 rings (SSSR count). The zero-order valence-electron chi connectivity index (χ0n) is 16.2. The first-order valence-corrected chi connectivity index (χ1v) is 9.68. The molecule has 2 aromatic carbocycles. The number of carbonyl (C=O) groups is 1. The summed E-state index contributed by atoms with van der Waals surface area (Å²) in [6.07, 6.45) is 0. The average molecular weight is 406 g/mol. The van der Waals surface area contributed by atoms with Gasteiger partial charge < -0.3 is 24.4 Å². The summed E-state index contributed by atoms with van der Waals surface area (Å²) in [6, 6.07) is 11.4. The number of benzene rings is 2. The Morgan fingerprint density at radius 1 is 1.14 bits per heavy atom. The number of hydrogen-bond donors (Lipinski definition) is 2. The molecule has 1 saturated heterocycles. The molecule has 0 bridgehead atoms. The second kappa shape index (κ2) is 9.78. The van der Waals surface area contributed by atoms with Crippen molar-refractivity contribution in [3.05, 3.63) is 58.1 Å². The molecule has 28 heavy (non-hydrogen) atoms. The number of quaternary nitrogens is 1. The summed E-state index contributed by atoms with van der Waals surface area (Å²) in [6.45, 7) is 4.99. The monoisotopic (exact) mass is 405 g/mol. The third kappa shape index (κ3) is 4.95. The molecule has 0 spiro atoms. The van der Waals surface area contributed by atoms with E-state index in [1.165, 1.54) is 24.7 Å². The zero-order valence-corrected chi connectivity index (χ0v) is 17.0. The van der Waals surface area contributed by atoms with E-state index < -0.39 is 0 Å². The van der Waals surface area contributed by atoms with Crippen LogP contribution < -0.4 is 19.7 Å². The van der Waals surface area contributed by atoms with Gasteiger partial charge in [0, 0.05) is 17.7 Å². The highest BCUT2D eigenvalue weighted by Gasteiger charge is 2.18. The molecule has 1 heterocycles. The molecule has 1 fully saturated rings. The molecule has 1 amide bonds. The van der Waals surface area contributed by atoms with Crippen molar-refractivity contribution in [1.82, 2.24) is 5.32 Å². The number of ether oxygens (including phenoxy) is 3. The van der Waals surface area contributed by atoms with Gasteiger partial charge in [-0.25, -0.2) is 0 Å². The van der Waals surface area contributed by atoms with E-state index in [-0.39, 0.29) is 5.91 Å². The first-order chi connectivity index (χ1) is 13.6. The Labute approximate surface area is 170 Å². The van der Waals surface area contributed by atoms with E-state index in [9.17, 15) is 4.79 Å². The summed E-state index contributed by atoms with van der Waals surface area (Å²) in [5, 5.41) is 3.32. The normalized spacial score (nSPS) is 14.5. The molecule has 0 radical (unpaired) electrons. The second-order valence-electron chi connectivity index (χ2n) is 6.68. The third-order valence-corrected chi connectivity index (χ3v) is 5.17. The zero-order chi connectivity index (χ0) is 19.9. The molecule has 6 nitrogen and oxygen atoms in total. The number of halogens is 1. The number of methoxy groups -OCH3 is 2. The topological polar surface area (TPSA) is 61.2 Å². The highest BCUT2D eigenvalue weighted by atomic mass is 35.5. The molecule has 2 N–H and O–H groups in total. The number of nitrogens with one attached hydrogen (secondary N) is 2. The number of hydrogen-bond acceptors (Lipinski definition) is 4. The molecular weight excluding hydrogens is 380 g/mol. The summed E-state index contributed by atoms with van der Waals surface area (Å²) in [5.41, 5.74) is 2.78. The molecule has 7 heteroatoms. The van der Waals surface area contributed by atoms with Gasteiger partial charge in [0.05, 0.1) is 32.5 Å². The van der Waals surface area contributed by atoms with Crippen LogP contribution >= 0.6 is 11.6 Å². The predicted molar refractivity (Wildman–Crippen MR) is 107 cm³/mol. The molecule has 2 aromatic rings. The lowest BCUT2D eigenvalue weighted by Crippen LogP contribution is -3.12. The fourth-order valence-corrected chi connectivity index (χ4v) is 3.62. The minimum atomic E-state index is -0.212. The van der Waals surface area contributed by atoms with E-state index in [0.29, 0.717) is 28.6 Å². The van der Waals surface area contributed by atoms with E-state index in [1.54, 1.807) is 12.1 Å². The molecule has 0 atom stereocenters. The van der Waals surface area contributed by atoms with E-state index in [1.807, 2.05) is 12.1 Å². The van der Waals surface area contributed by atoms with Crippen molar-refractivity contribution >= 4 is 17.5 Å². The summed E-state index contributed by atoms with van der Waals surface area (Å²) >= 11 is 6.21. The van der Waals surface area contributed by atoms with Crippen LogP contribution in [0.4, 0.5) is 0 Å². The summed E-state index contributed by atoms with van der Waals surface area (Å²) in [7, 11) is 3.02. The SMILES string of the molecule is COc1cc(C(=O)NCc2ccccc2C[NH+]2CCOCC2)cc(Cl)c1OC. The van der Waals surface area contributed by atoms with Crippen LogP contribution in [-0.4, -0.2) is 46.4 Å². The van der Waals surface area contributed by atoms with Crippen LogP contribution in [0.15, 0.2) is 36.4 Å². The lowest BCUT2D eigenvalue weighted by molar-refractivity contribution is -0.921. The summed E-state index contributed by atoms with van der Waals surface area (Å²) < 4.78 is 15.9. The Hall–Kier alpha value is -2.28. The molecule has 0 saturated carbocycles. The van der Waals surface area contributed by atoms with Gasteiger partial charge in [0.2, 0.25) is 0 Å². The Bertz CT molecular complexity index is 822. The van der Waals surface area contributed by atoms with E-state index >= 15 is 0 Å². The quantitative estimate of drug-likeness (QED) is 0.736. The molecule has 150 valence electrons. The highest BCUT2D eigenvalue weighted by molar-refractivity contribution is 6.32. The molecule has 1 aliphatic heterocycles. The van der Waals surface area contributed by atoms with Gasteiger partial charge in [0.25, 0.3) is 5.91 Å².